The molecule has 1 saturated heterocycles. The van der Waals surface area contributed by atoms with Gasteiger partial charge in [-0.15, -0.1) is 0 Å². The molecule has 1 aliphatic heterocycles. The molecule has 70 valence electrons. The maximum atomic E-state index is 9.65. The van der Waals surface area contributed by atoms with Gasteiger partial charge in [0.1, 0.15) is 0 Å². The van der Waals surface area contributed by atoms with Crippen LogP contribution in [0.3, 0.4) is 0 Å². The van der Waals surface area contributed by atoms with Crippen LogP contribution >= 0.6 is 0 Å². The Labute approximate surface area is 73.9 Å². The maximum absolute atomic E-state index is 9.65. The Balaban J connectivity index is 2.13. The average Bonchev–Trinajstić information content (AvgIpc) is 2.42. The summed E-state index contributed by atoms with van der Waals surface area (Å²) in [6, 6.07) is 0. The maximum Gasteiger partial charge on any atom is 0.157 e. The highest BCUT2D eigenvalue weighted by Gasteiger charge is 2.44. The van der Waals surface area contributed by atoms with Crippen molar-refractivity contribution >= 4 is 0 Å². The van der Waals surface area contributed by atoms with E-state index in [4.69, 9.17) is 4.74 Å². The van der Waals surface area contributed by atoms with Gasteiger partial charge in [0.15, 0.2) is 6.29 Å². The van der Waals surface area contributed by atoms with Crippen LogP contribution in [-0.4, -0.2) is 18.0 Å². The smallest absolute Gasteiger partial charge is 0.157 e. The SMILES string of the molecule is C[C@@H]1CO[C@H](O)[C@@H]2[C@@H]1CC[C@@H]2C. The van der Waals surface area contributed by atoms with Gasteiger partial charge in [-0.25, -0.2) is 0 Å². The van der Waals surface area contributed by atoms with E-state index in [2.05, 4.69) is 13.8 Å². The summed E-state index contributed by atoms with van der Waals surface area (Å²) in [6.07, 6.45) is 2.07. The monoisotopic (exact) mass is 170 g/mol. The predicted molar refractivity (Wildman–Crippen MR) is 46.5 cm³/mol. The van der Waals surface area contributed by atoms with Crippen LogP contribution in [0.15, 0.2) is 0 Å². The highest BCUT2D eigenvalue weighted by atomic mass is 16.6. The van der Waals surface area contributed by atoms with Gasteiger partial charge in [-0.05, 0) is 30.6 Å². The highest BCUT2D eigenvalue weighted by Crippen LogP contribution is 2.45. The van der Waals surface area contributed by atoms with Gasteiger partial charge in [0, 0.05) is 5.92 Å². The van der Waals surface area contributed by atoms with Crippen LogP contribution in [0.4, 0.5) is 0 Å². The van der Waals surface area contributed by atoms with E-state index in [1.807, 2.05) is 0 Å². The second kappa shape index (κ2) is 3.00. The van der Waals surface area contributed by atoms with E-state index < -0.39 is 6.29 Å². The third-order valence-electron chi connectivity index (χ3n) is 3.70. The Kier molecular flexibility index (Phi) is 2.13. The summed E-state index contributed by atoms with van der Waals surface area (Å²) in [5.41, 5.74) is 0. The first-order valence-electron chi connectivity index (χ1n) is 5.00. The van der Waals surface area contributed by atoms with Crippen LogP contribution in [0, 0.1) is 23.7 Å². The second-order valence-corrected chi connectivity index (χ2v) is 4.50. The summed E-state index contributed by atoms with van der Waals surface area (Å²) in [7, 11) is 0. The molecule has 2 nitrogen and oxygen atoms in total. The Morgan fingerprint density at radius 1 is 1.17 bits per heavy atom. The molecule has 0 aromatic rings. The number of hydrogen-bond acceptors (Lipinski definition) is 2. The van der Waals surface area contributed by atoms with Gasteiger partial charge >= 0.3 is 0 Å². The van der Waals surface area contributed by atoms with E-state index >= 15 is 0 Å². The first kappa shape index (κ1) is 8.52. The molecule has 0 aromatic heterocycles. The van der Waals surface area contributed by atoms with Crippen molar-refractivity contribution in [1.29, 1.82) is 0 Å². The van der Waals surface area contributed by atoms with Crippen molar-refractivity contribution in [3.63, 3.8) is 0 Å². The van der Waals surface area contributed by atoms with Crippen molar-refractivity contribution < 1.29 is 9.84 Å². The minimum atomic E-state index is -0.483. The molecule has 5 atom stereocenters. The molecule has 0 spiro atoms. The molecule has 0 amide bonds. The van der Waals surface area contributed by atoms with E-state index in [9.17, 15) is 5.11 Å². The van der Waals surface area contributed by atoms with Crippen LogP contribution in [0.2, 0.25) is 0 Å². The predicted octanol–water partition coefficient (Wildman–Crippen LogP) is 1.63. The Bertz CT molecular complexity index is 169. The first-order chi connectivity index (χ1) is 5.70. The van der Waals surface area contributed by atoms with Gasteiger partial charge in [0.25, 0.3) is 0 Å². The van der Waals surface area contributed by atoms with Gasteiger partial charge in [-0.1, -0.05) is 13.8 Å². The fraction of sp³-hybridized carbons (Fsp3) is 1.00. The number of fused-ring (bicyclic) bond motifs is 1. The first-order valence-corrected chi connectivity index (χ1v) is 5.00. The van der Waals surface area contributed by atoms with Gasteiger partial charge in [-0.2, -0.15) is 0 Å². The molecule has 0 aromatic carbocycles. The standard InChI is InChI=1S/C10H18O2/c1-6-3-4-8-7(2)5-12-10(11)9(6)8/h6-11H,3-5H2,1-2H3/t6-,7+,8+,9-,10-/m0/s1. The molecule has 1 aliphatic carbocycles. The molecule has 1 N–H and O–H groups in total. The van der Waals surface area contributed by atoms with E-state index in [0.29, 0.717) is 23.7 Å². The van der Waals surface area contributed by atoms with Crippen LogP contribution in [0.5, 0.6) is 0 Å². The molecule has 2 fully saturated rings. The molecule has 1 heterocycles. The van der Waals surface area contributed by atoms with E-state index in [1.54, 1.807) is 0 Å². The second-order valence-electron chi connectivity index (χ2n) is 4.50. The van der Waals surface area contributed by atoms with E-state index in [0.717, 1.165) is 6.61 Å². The zero-order chi connectivity index (χ0) is 8.72. The number of aliphatic hydroxyl groups is 1. The summed E-state index contributed by atoms with van der Waals surface area (Å²) >= 11 is 0. The lowest BCUT2D eigenvalue weighted by atomic mass is 9.80. The Hall–Kier alpha value is -0.0800. The molecule has 0 bridgehead atoms. The average molecular weight is 170 g/mol. The highest BCUT2D eigenvalue weighted by molar-refractivity contribution is 4.89. The lowest BCUT2D eigenvalue weighted by Crippen LogP contribution is -2.40. The van der Waals surface area contributed by atoms with Crippen molar-refractivity contribution in [2.75, 3.05) is 6.61 Å². The van der Waals surface area contributed by atoms with Crippen LogP contribution in [-0.2, 0) is 4.74 Å². The van der Waals surface area contributed by atoms with Crippen LogP contribution < -0.4 is 0 Å². The molecule has 0 radical (unpaired) electrons. The molecule has 2 heteroatoms. The van der Waals surface area contributed by atoms with Gasteiger partial charge in [-0.3, -0.25) is 0 Å². The van der Waals surface area contributed by atoms with Crippen LogP contribution in [0.1, 0.15) is 26.7 Å². The number of hydrogen-bond donors (Lipinski definition) is 1. The summed E-state index contributed by atoms with van der Waals surface area (Å²) in [5, 5.41) is 9.65. The zero-order valence-electron chi connectivity index (χ0n) is 7.86. The molecule has 2 rings (SSSR count). The fourth-order valence-corrected chi connectivity index (χ4v) is 2.90. The molecular weight excluding hydrogens is 152 g/mol. The summed E-state index contributed by atoms with van der Waals surface area (Å²) in [4.78, 5) is 0. The minimum absolute atomic E-state index is 0.411. The summed E-state index contributed by atoms with van der Waals surface area (Å²) < 4.78 is 5.33. The number of rotatable bonds is 0. The van der Waals surface area contributed by atoms with Gasteiger partial charge < -0.3 is 9.84 Å². The molecule has 2 aliphatic rings. The third-order valence-corrected chi connectivity index (χ3v) is 3.70. The van der Waals surface area contributed by atoms with E-state index in [-0.39, 0.29) is 0 Å². The normalized spacial score (nSPS) is 53.8. The lowest BCUT2D eigenvalue weighted by Gasteiger charge is -2.37. The third kappa shape index (κ3) is 1.17. The largest absolute Gasteiger partial charge is 0.368 e. The van der Waals surface area contributed by atoms with Crippen molar-refractivity contribution in [3.05, 3.63) is 0 Å². The van der Waals surface area contributed by atoms with Crippen molar-refractivity contribution in [2.24, 2.45) is 23.7 Å². The lowest BCUT2D eigenvalue weighted by molar-refractivity contribution is -0.195. The van der Waals surface area contributed by atoms with Crippen molar-refractivity contribution in [2.45, 2.75) is 33.0 Å². The fourth-order valence-electron chi connectivity index (χ4n) is 2.90. The van der Waals surface area contributed by atoms with Crippen LogP contribution in [0.25, 0.3) is 0 Å². The summed E-state index contributed by atoms with van der Waals surface area (Å²) in [5.74, 6) is 2.41. The molecule has 1 saturated carbocycles. The minimum Gasteiger partial charge on any atom is -0.368 e. The Morgan fingerprint density at radius 2 is 1.92 bits per heavy atom. The van der Waals surface area contributed by atoms with Gasteiger partial charge in [0.05, 0.1) is 6.61 Å². The molecular formula is C10H18O2. The van der Waals surface area contributed by atoms with Crippen molar-refractivity contribution in [3.8, 4) is 0 Å². The zero-order valence-corrected chi connectivity index (χ0v) is 7.86. The Morgan fingerprint density at radius 3 is 2.58 bits per heavy atom. The van der Waals surface area contributed by atoms with E-state index in [1.165, 1.54) is 12.8 Å². The number of ether oxygens (including phenoxy) is 1. The van der Waals surface area contributed by atoms with Gasteiger partial charge in [0.2, 0.25) is 0 Å². The topological polar surface area (TPSA) is 29.5 Å². The molecule has 12 heavy (non-hydrogen) atoms. The van der Waals surface area contributed by atoms with Crippen molar-refractivity contribution in [1.82, 2.24) is 0 Å². The summed E-state index contributed by atoms with van der Waals surface area (Å²) in [6.45, 7) is 5.21. The quantitative estimate of drug-likeness (QED) is 0.598. The number of aliphatic hydroxyl groups excluding tert-OH is 1. The molecule has 0 unspecified atom stereocenters.